The van der Waals surface area contributed by atoms with Gasteiger partial charge in [-0.05, 0) is 62.6 Å². The molecule has 35 heavy (non-hydrogen) atoms. The van der Waals surface area contributed by atoms with E-state index in [0.29, 0.717) is 50.5 Å². The average Bonchev–Trinajstić information content (AvgIpc) is 2.82. The monoisotopic (exact) mass is 502 g/mol. The van der Waals surface area contributed by atoms with Crippen LogP contribution in [0, 0.1) is 6.92 Å². The normalized spacial score (nSPS) is 19.9. The van der Waals surface area contributed by atoms with E-state index in [9.17, 15) is 13.2 Å². The van der Waals surface area contributed by atoms with Crippen molar-refractivity contribution >= 4 is 15.9 Å². The highest BCUT2D eigenvalue weighted by atomic mass is 32.2. The van der Waals surface area contributed by atoms with Crippen LogP contribution < -0.4 is 14.8 Å². The third kappa shape index (κ3) is 5.79. The Morgan fingerprint density at radius 3 is 2.63 bits per heavy atom. The summed E-state index contributed by atoms with van der Waals surface area (Å²) in [4.78, 5) is 13.2. The maximum absolute atomic E-state index is 13.1. The quantitative estimate of drug-likeness (QED) is 0.624. The summed E-state index contributed by atoms with van der Waals surface area (Å²) < 4.78 is 44.5. The fraction of sp³-hybridized carbons (Fsp3) is 0.500. The van der Waals surface area contributed by atoms with Crippen molar-refractivity contribution in [1.29, 1.82) is 0 Å². The smallest absolute Gasteiger partial charge is 0.243 e. The van der Waals surface area contributed by atoms with E-state index in [-0.39, 0.29) is 23.3 Å². The minimum absolute atomic E-state index is 0.109. The predicted molar refractivity (Wildman–Crippen MR) is 132 cm³/mol. The number of ether oxygens (including phenoxy) is 3. The van der Waals surface area contributed by atoms with Crippen LogP contribution in [0.25, 0.3) is 0 Å². The highest BCUT2D eigenvalue weighted by Crippen LogP contribution is 2.40. The number of nitrogens with zero attached hydrogens (tertiary/aromatic N) is 1. The molecule has 0 radical (unpaired) electrons. The molecule has 2 aromatic rings. The molecule has 8 nitrogen and oxygen atoms in total. The Bertz CT molecular complexity index is 1190. The van der Waals surface area contributed by atoms with Gasteiger partial charge in [0.15, 0.2) is 0 Å². The lowest BCUT2D eigenvalue weighted by Crippen LogP contribution is -2.41. The van der Waals surface area contributed by atoms with Crippen molar-refractivity contribution in [3.8, 4) is 11.5 Å². The van der Waals surface area contributed by atoms with E-state index in [0.717, 1.165) is 16.9 Å². The van der Waals surface area contributed by atoms with Crippen molar-refractivity contribution in [3.05, 3.63) is 53.1 Å². The molecule has 0 saturated carbocycles. The van der Waals surface area contributed by atoms with Gasteiger partial charge in [0.2, 0.25) is 15.9 Å². The molecule has 190 valence electrons. The average molecular weight is 503 g/mol. The van der Waals surface area contributed by atoms with E-state index in [4.69, 9.17) is 14.2 Å². The number of sulfonamides is 1. The van der Waals surface area contributed by atoms with Crippen LogP contribution in [0.5, 0.6) is 11.5 Å². The lowest BCUT2D eigenvalue weighted by Gasteiger charge is -2.38. The Hall–Kier alpha value is -2.62. The summed E-state index contributed by atoms with van der Waals surface area (Å²) in [6.45, 7) is 7.47. The number of methoxy groups -OCH3 is 1. The molecule has 0 unspecified atom stereocenters. The van der Waals surface area contributed by atoms with Crippen LogP contribution in [0.15, 0.2) is 41.3 Å². The van der Waals surface area contributed by atoms with Gasteiger partial charge in [0.25, 0.3) is 0 Å². The van der Waals surface area contributed by atoms with Gasteiger partial charge in [0.05, 0.1) is 31.3 Å². The molecule has 0 aromatic heterocycles. The first-order valence-electron chi connectivity index (χ1n) is 11.9. The van der Waals surface area contributed by atoms with Crippen LogP contribution in [-0.2, 0) is 26.0 Å². The Morgan fingerprint density at radius 1 is 1.17 bits per heavy atom. The number of amides is 1. The molecule has 2 aromatic carbocycles. The fourth-order valence-electron chi connectivity index (χ4n) is 4.65. The molecule has 1 saturated heterocycles. The van der Waals surface area contributed by atoms with Crippen molar-refractivity contribution in [2.45, 2.75) is 56.6 Å². The number of carbonyl (C=O) groups excluding carboxylic acids is 1. The molecule has 0 aliphatic carbocycles. The first-order valence-corrected chi connectivity index (χ1v) is 13.4. The topological polar surface area (TPSA) is 94.2 Å². The molecule has 2 heterocycles. The summed E-state index contributed by atoms with van der Waals surface area (Å²) in [5.74, 6) is 1.25. The van der Waals surface area contributed by atoms with Crippen molar-refractivity contribution in [2.75, 3.05) is 33.4 Å². The molecular weight excluding hydrogens is 468 g/mol. The second-order valence-corrected chi connectivity index (χ2v) is 11.7. The lowest BCUT2D eigenvalue weighted by atomic mass is 9.89. The SMILES string of the molecule is COc1ccc(S(=O)(=O)N2CCOCC2)cc1CCC(=O)N[C@H]1CC(C)(C)Oc2cc(C)ccc21. The summed E-state index contributed by atoms with van der Waals surface area (Å²) in [5, 5.41) is 3.15. The van der Waals surface area contributed by atoms with Crippen molar-refractivity contribution in [3.63, 3.8) is 0 Å². The van der Waals surface area contributed by atoms with Crippen LogP contribution in [0.2, 0.25) is 0 Å². The van der Waals surface area contributed by atoms with Gasteiger partial charge < -0.3 is 19.5 Å². The summed E-state index contributed by atoms with van der Waals surface area (Å²) in [7, 11) is -2.10. The largest absolute Gasteiger partial charge is 0.496 e. The third-order valence-corrected chi connectivity index (χ3v) is 8.34. The van der Waals surface area contributed by atoms with Crippen LogP contribution in [0.3, 0.4) is 0 Å². The number of rotatable bonds is 7. The number of fused-ring (bicyclic) bond motifs is 1. The van der Waals surface area contributed by atoms with E-state index >= 15 is 0 Å². The van der Waals surface area contributed by atoms with Gasteiger partial charge in [-0.2, -0.15) is 4.31 Å². The first kappa shape index (κ1) is 25.5. The van der Waals surface area contributed by atoms with Gasteiger partial charge in [0, 0.05) is 31.5 Å². The number of carbonyl (C=O) groups is 1. The van der Waals surface area contributed by atoms with Crippen LogP contribution in [0.4, 0.5) is 0 Å². The van der Waals surface area contributed by atoms with Gasteiger partial charge in [-0.15, -0.1) is 0 Å². The molecule has 2 aliphatic heterocycles. The maximum atomic E-state index is 13.1. The lowest BCUT2D eigenvalue weighted by molar-refractivity contribution is -0.122. The highest BCUT2D eigenvalue weighted by Gasteiger charge is 2.34. The van der Waals surface area contributed by atoms with Gasteiger partial charge in [-0.3, -0.25) is 4.79 Å². The molecule has 1 atom stereocenters. The highest BCUT2D eigenvalue weighted by molar-refractivity contribution is 7.89. The second kappa shape index (κ2) is 10.2. The van der Waals surface area contributed by atoms with Gasteiger partial charge in [0.1, 0.15) is 17.1 Å². The zero-order valence-electron chi connectivity index (χ0n) is 20.8. The summed E-state index contributed by atoms with van der Waals surface area (Å²) in [6, 6.07) is 10.7. The van der Waals surface area contributed by atoms with Crippen LogP contribution in [-0.4, -0.2) is 57.6 Å². The minimum Gasteiger partial charge on any atom is -0.496 e. The minimum atomic E-state index is -3.64. The fourth-order valence-corrected chi connectivity index (χ4v) is 6.11. The summed E-state index contributed by atoms with van der Waals surface area (Å²) in [5.41, 5.74) is 2.36. The molecule has 1 N–H and O–H groups in total. The second-order valence-electron chi connectivity index (χ2n) is 9.72. The Morgan fingerprint density at radius 2 is 1.91 bits per heavy atom. The van der Waals surface area contributed by atoms with E-state index in [1.54, 1.807) is 18.2 Å². The Balaban J connectivity index is 1.47. The number of hydrogen-bond donors (Lipinski definition) is 1. The van der Waals surface area contributed by atoms with Gasteiger partial charge in [-0.1, -0.05) is 12.1 Å². The zero-order chi connectivity index (χ0) is 25.2. The van der Waals surface area contributed by atoms with E-state index in [1.165, 1.54) is 11.4 Å². The predicted octanol–water partition coefficient (Wildman–Crippen LogP) is 3.38. The Labute approximate surface area is 207 Å². The molecule has 1 amide bonds. The number of nitrogens with one attached hydrogen (secondary N) is 1. The van der Waals surface area contributed by atoms with Crippen molar-refractivity contribution < 1.29 is 27.4 Å². The first-order chi connectivity index (χ1) is 16.6. The van der Waals surface area contributed by atoms with E-state index < -0.39 is 15.6 Å². The van der Waals surface area contributed by atoms with Gasteiger partial charge in [-0.25, -0.2) is 8.42 Å². The third-order valence-electron chi connectivity index (χ3n) is 6.44. The molecule has 4 rings (SSSR count). The van der Waals surface area contributed by atoms with E-state index in [2.05, 4.69) is 5.32 Å². The molecule has 1 fully saturated rings. The molecule has 9 heteroatoms. The van der Waals surface area contributed by atoms with Crippen molar-refractivity contribution in [1.82, 2.24) is 9.62 Å². The molecule has 0 spiro atoms. The molecular formula is C26H34N2O6S. The van der Waals surface area contributed by atoms with Crippen molar-refractivity contribution in [2.24, 2.45) is 0 Å². The number of benzene rings is 2. The van der Waals surface area contributed by atoms with Crippen LogP contribution in [0.1, 0.15) is 49.4 Å². The molecule has 2 aliphatic rings. The summed E-state index contributed by atoms with van der Waals surface area (Å²) in [6.07, 6.45) is 1.22. The van der Waals surface area contributed by atoms with Gasteiger partial charge >= 0.3 is 0 Å². The summed E-state index contributed by atoms with van der Waals surface area (Å²) >= 11 is 0. The zero-order valence-corrected chi connectivity index (χ0v) is 21.6. The number of aryl methyl sites for hydroxylation is 2. The maximum Gasteiger partial charge on any atom is 0.243 e. The molecule has 0 bridgehead atoms. The number of morpholine rings is 1. The Kier molecular flexibility index (Phi) is 7.40. The standard InChI is InChI=1S/C26H34N2O6S/c1-18-5-8-21-22(17-26(2,3)34-24(21)15-18)27-25(29)10-6-19-16-20(7-9-23(19)32-4)35(30,31)28-11-13-33-14-12-28/h5,7-9,15-16,22H,6,10-14,17H2,1-4H3,(H,27,29)/t22-/m0/s1. The van der Waals surface area contributed by atoms with E-state index in [1.807, 2.05) is 39.0 Å². The number of hydrogen-bond acceptors (Lipinski definition) is 6. The van der Waals surface area contributed by atoms with Crippen LogP contribution >= 0.6 is 0 Å².